The number of pyridine rings is 2. The molecule has 0 spiro atoms. The molecular weight excluding hydrogens is 413 g/mol. The molecule has 130 valence electrons. The fourth-order valence-electron chi connectivity index (χ4n) is 2.30. The predicted octanol–water partition coefficient (Wildman–Crippen LogP) is 4.79. The number of carbonyl (C=O) groups excluding carboxylic acids is 1. The van der Waals surface area contributed by atoms with Gasteiger partial charge in [-0.25, -0.2) is 19.2 Å². The van der Waals surface area contributed by atoms with E-state index in [9.17, 15) is 9.18 Å². The Hall–Kier alpha value is -2.25. The van der Waals surface area contributed by atoms with E-state index in [0.29, 0.717) is 21.2 Å². The van der Waals surface area contributed by atoms with Gasteiger partial charge < -0.3 is 10.1 Å². The van der Waals surface area contributed by atoms with Gasteiger partial charge in [-0.2, -0.15) is 0 Å². The van der Waals surface area contributed by atoms with Crippen LogP contribution in [0.15, 0.2) is 41.0 Å². The van der Waals surface area contributed by atoms with Crippen LogP contribution in [0.4, 0.5) is 15.8 Å². The van der Waals surface area contributed by atoms with Crippen molar-refractivity contribution in [2.75, 3.05) is 12.4 Å². The van der Waals surface area contributed by atoms with Gasteiger partial charge in [-0.1, -0.05) is 15.9 Å². The van der Waals surface area contributed by atoms with Gasteiger partial charge in [-0.05, 0) is 37.3 Å². The molecule has 0 saturated heterocycles. The number of anilines is 2. The Bertz CT molecular complexity index is 953. The number of aryl methyl sites for hydroxylation is 1. The molecule has 0 atom stereocenters. The molecule has 0 amide bonds. The topological polar surface area (TPSA) is 64.1 Å². The number of nitrogens with one attached hydrogen (secondary N) is 1. The molecule has 0 radical (unpaired) electrons. The molecule has 5 nitrogen and oxygen atoms in total. The molecule has 0 bridgehead atoms. The maximum Gasteiger partial charge on any atom is 0.341 e. The molecule has 0 aliphatic carbocycles. The average molecular weight is 427 g/mol. The van der Waals surface area contributed by atoms with Gasteiger partial charge >= 0.3 is 5.97 Å². The van der Waals surface area contributed by atoms with Gasteiger partial charge in [0.25, 0.3) is 0 Å². The summed E-state index contributed by atoms with van der Waals surface area (Å²) < 4.78 is 19.6. The SMILES string of the molecule is COC(=O)c1cnc2nc(C)ccc2c1Nc1ccc(Br)cc1F.Cl. The van der Waals surface area contributed by atoms with Crippen LogP contribution in [0.25, 0.3) is 11.0 Å². The molecule has 25 heavy (non-hydrogen) atoms. The Morgan fingerprint density at radius 3 is 2.72 bits per heavy atom. The monoisotopic (exact) mass is 425 g/mol. The predicted molar refractivity (Wildman–Crippen MR) is 100 cm³/mol. The summed E-state index contributed by atoms with van der Waals surface area (Å²) in [6.45, 7) is 1.84. The number of esters is 1. The lowest BCUT2D eigenvalue weighted by Gasteiger charge is -2.14. The minimum atomic E-state index is -0.565. The second kappa shape index (κ2) is 7.76. The number of methoxy groups -OCH3 is 1. The first kappa shape index (κ1) is 19.1. The molecule has 0 saturated carbocycles. The number of hydrogen-bond donors (Lipinski definition) is 1. The second-order valence-corrected chi connectivity index (χ2v) is 6.03. The quantitative estimate of drug-likeness (QED) is 0.610. The number of fused-ring (bicyclic) bond motifs is 1. The zero-order valence-electron chi connectivity index (χ0n) is 13.3. The van der Waals surface area contributed by atoms with E-state index in [2.05, 4.69) is 31.2 Å². The van der Waals surface area contributed by atoms with Crippen LogP contribution in [0.5, 0.6) is 0 Å². The van der Waals surface area contributed by atoms with Crippen LogP contribution in [0, 0.1) is 12.7 Å². The van der Waals surface area contributed by atoms with Gasteiger partial charge in [0.1, 0.15) is 11.4 Å². The van der Waals surface area contributed by atoms with E-state index in [-0.39, 0.29) is 23.7 Å². The number of ether oxygens (including phenoxy) is 1. The average Bonchev–Trinajstić information content (AvgIpc) is 2.56. The maximum absolute atomic E-state index is 14.2. The molecule has 0 unspecified atom stereocenters. The summed E-state index contributed by atoms with van der Waals surface area (Å²) in [5.41, 5.74) is 2.10. The molecular formula is C17H14BrClFN3O2. The zero-order chi connectivity index (χ0) is 17.3. The second-order valence-electron chi connectivity index (χ2n) is 5.11. The van der Waals surface area contributed by atoms with Crippen LogP contribution >= 0.6 is 28.3 Å². The Kier molecular flexibility index (Phi) is 5.92. The third-order valence-corrected chi connectivity index (χ3v) is 3.96. The molecule has 2 heterocycles. The summed E-state index contributed by atoms with van der Waals surface area (Å²) >= 11 is 3.22. The van der Waals surface area contributed by atoms with Crippen LogP contribution in [0.2, 0.25) is 0 Å². The molecule has 0 aliphatic rings. The van der Waals surface area contributed by atoms with Gasteiger partial charge in [-0.15, -0.1) is 12.4 Å². The minimum Gasteiger partial charge on any atom is -0.465 e. The van der Waals surface area contributed by atoms with Gasteiger partial charge in [0.15, 0.2) is 5.65 Å². The van der Waals surface area contributed by atoms with E-state index in [4.69, 9.17) is 4.74 Å². The highest BCUT2D eigenvalue weighted by Crippen LogP contribution is 2.31. The van der Waals surface area contributed by atoms with Crippen molar-refractivity contribution in [3.63, 3.8) is 0 Å². The third kappa shape index (κ3) is 3.88. The van der Waals surface area contributed by atoms with Crippen molar-refractivity contribution in [2.24, 2.45) is 0 Å². The fourth-order valence-corrected chi connectivity index (χ4v) is 2.63. The molecule has 0 fully saturated rings. The van der Waals surface area contributed by atoms with Crippen molar-refractivity contribution in [2.45, 2.75) is 6.92 Å². The van der Waals surface area contributed by atoms with E-state index in [1.54, 1.807) is 24.3 Å². The lowest BCUT2D eigenvalue weighted by Crippen LogP contribution is -2.08. The summed E-state index contributed by atoms with van der Waals surface area (Å²) in [7, 11) is 1.28. The van der Waals surface area contributed by atoms with Crippen LogP contribution in [0.3, 0.4) is 0 Å². The van der Waals surface area contributed by atoms with E-state index in [0.717, 1.165) is 5.69 Å². The maximum atomic E-state index is 14.2. The lowest BCUT2D eigenvalue weighted by atomic mass is 10.1. The van der Waals surface area contributed by atoms with Crippen molar-refractivity contribution in [3.8, 4) is 0 Å². The normalized spacial score (nSPS) is 10.2. The zero-order valence-corrected chi connectivity index (χ0v) is 15.7. The standard InChI is InChI=1S/C17H13BrFN3O2.ClH/c1-9-3-5-11-15(22-14-6-4-10(18)7-13(14)19)12(17(23)24-2)8-20-16(11)21-9;/h3-8H,1-2H3,(H,20,21,22);1H. The summed E-state index contributed by atoms with van der Waals surface area (Å²) in [5, 5.41) is 3.57. The first-order valence-corrected chi connectivity index (χ1v) is 7.85. The summed E-state index contributed by atoms with van der Waals surface area (Å²) in [5.74, 6) is -1.02. The Morgan fingerprint density at radius 2 is 2.04 bits per heavy atom. The third-order valence-electron chi connectivity index (χ3n) is 3.47. The largest absolute Gasteiger partial charge is 0.465 e. The molecule has 0 aliphatic heterocycles. The van der Waals surface area contributed by atoms with Crippen molar-refractivity contribution < 1.29 is 13.9 Å². The Labute approximate surface area is 158 Å². The Morgan fingerprint density at radius 1 is 1.28 bits per heavy atom. The van der Waals surface area contributed by atoms with Gasteiger partial charge in [0.2, 0.25) is 0 Å². The van der Waals surface area contributed by atoms with Crippen LogP contribution < -0.4 is 5.32 Å². The van der Waals surface area contributed by atoms with E-state index < -0.39 is 11.8 Å². The van der Waals surface area contributed by atoms with Crippen LogP contribution in [-0.2, 0) is 4.74 Å². The fraction of sp³-hybridized carbons (Fsp3) is 0.118. The first-order chi connectivity index (χ1) is 11.5. The molecule has 1 N–H and O–H groups in total. The van der Waals surface area contributed by atoms with Gasteiger partial charge in [-0.3, -0.25) is 0 Å². The molecule has 8 heteroatoms. The number of hydrogen-bond acceptors (Lipinski definition) is 5. The number of carbonyl (C=O) groups is 1. The van der Waals surface area contributed by atoms with Crippen molar-refractivity contribution in [1.29, 1.82) is 0 Å². The highest BCUT2D eigenvalue weighted by atomic mass is 79.9. The highest BCUT2D eigenvalue weighted by molar-refractivity contribution is 9.10. The van der Waals surface area contributed by atoms with E-state index >= 15 is 0 Å². The van der Waals surface area contributed by atoms with Crippen molar-refractivity contribution in [1.82, 2.24) is 9.97 Å². The molecule has 3 rings (SSSR count). The van der Waals surface area contributed by atoms with E-state index in [1.807, 2.05) is 6.92 Å². The Balaban J connectivity index is 0.00000225. The number of rotatable bonds is 3. The van der Waals surface area contributed by atoms with Crippen LogP contribution in [0.1, 0.15) is 16.1 Å². The summed E-state index contributed by atoms with van der Waals surface area (Å²) in [6, 6.07) is 8.21. The van der Waals surface area contributed by atoms with E-state index in [1.165, 1.54) is 19.4 Å². The van der Waals surface area contributed by atoms with Crippen molar-refractivity contribution >= 4 is 56.7 Å². The minimum absolute atomic E-state index is 0. The first-order valence-electron chi connectivity index (χ1n) is 7.06. The molecule has 3 aromatic rings. The molecule has 2 aromatic heterocycles. The number of benzene rings is 1. The molecule has 1 aromatic carbocycles. The number of aromatic nitrogens is 2. The summed E-state index contributed by atoms with van der Waals surface area (Å²) in [6.07, 6.45) is 1.37. The van der Waals surface area contributed by atoms with Crippen LogP contribution in [-0.4, -0.2) is 23.0 Å². The lowest BCUT2D eigenvalue weighted by molar-refractivity contribution is 0.0601. The number of nitrogens with zero attached hydrogens (tertiary/aromatic N) is 2. The highest BCUT2D eigenvalue weighted by Gasteiger charge is 2.18. The number of halogens is 3. The van der Waals surface area contributed by atoms with Crippen molar-refractivity contribution in [3.05, 3.63) is 58.1 Å². The van der Waals surface area contributed by atoms with Gasteiger partial charge in [0, 0.05) is 21.7 Å². The summed E-state index contributed by atoms with van der Waals surface area (Å²) in [4.78, 5) is 20.6. The van der Waals surface area contributed by atoms with Gasteiger partial charge in [0.05, 0.1) is 18.5 Å². The smallest absolute Gasteiger partial charge is 0.341 e.